The summed E-state index contributed by atoms with van der Waals surface area (Å²) in [4.78, 5) is 23.1. The second-order valence-corrected chi connectivity index (χ2v) is 5.79. The van der Waals surface area contributed by atoms with Gasteiger partial charge >= 0.3 is 0 Å². The van der Waals surface area contributed by atoms with Crippen LogP contribution in [0.3, 0.4) is 0 Å². The van der Waals surface area contributed by atoms with E-state index < -0.39 is 0 Å². The van der Waals surface area contributed by atoms with Crippen LogP contribution in [0.5, 0.6) is 0 Å². The van der Waals surface area contributed by atoms with Crippen LogP contribution in [-0.2, 0) is 20.9 Å². The van der Waals surface area contributed by atoms with Crippen molar-refractivity contribution in [2.24, 2.45) is 0 Å². The van der Waals surface area contributed by atoms with Gasteiger partial charge in [0.25, 0.3) is 0 Å². The van der Waals surface area contributed by atoms with Gasteiger partial charge in [-0.05, 0) is 17.7 Å². The standard InChI is InChI=1S/C18H21N3O3/c22-14-6-7-15-16(10-14)24-18(21-15)8-9-20-17(23)12-19-11-13-4-2-1-3-5-13/h1-7,18-19,21H,8-12H2,(H,20,23). The van der Waals surface area contributed by atoms with Crippen molar-refractivity contribution in [1.29, 1.82) is 0 Å². The topological polar surface area (TPSA) is 79.5 Å². The molecule has 0 spiro atoms. The maximum atomic E-state index is 11.8. The predicted molar refractivity (Wildman–Crippen MR) is 89.6 cm³/mol. The molecule has 1 aromatic rings. The third-order valence-corrected chi connectivity index (χ3v) is 3.86. The van der Waals surface area contributed by atoms with E-state index in [-0.39, 0.29) is 24.5 Å². The Kier molecular flexibility index (Phi) is 5.28. The third-order valence-electron chi connectivity index (χ3n) is 3.86. The van der Waals surface area contributed by atoms with Crippen LogP contribution in [0, 0.1) is 0 Å². The zero-order chi connectivity index (χ0) is 16.8. The molecule has 0 saturated heterocycles. The first kappa shape index (κ1) is 16.3. The second-order valence-electron chi connectivity index (χ2n) is 5.79. The number of rotatable bonds is 7. The molecule has 3 N–H and O–H groups in total. The van der Waals surface area contributed by atoms with Gasteiger partial charge in [-0.25, -0.2) is 0 Å². The first-order chi connectivity index (χ1) is 11.7. The molecule has 0 radical (unpaired) electrons. The van der Waals surface area contributed by atoms with Crippen molar-refractivity contribution in [3.63, 3.8) is 0 Å². The highest BCUT2D eigenvalue weighted by atomic mass is 16.5. The molecule has 3 rings (SSSR count). The number of amides is 1. The fraction of sp³-hybridized carbons (Fsp3) is 0.333. The fourth-order valence-electron chi connectivity index (χ4n) is 2.64. The Bertz CT molecular complexity index is 667. The van der Waals surface area contributed by atoms with Gasteiger partial charge in [0.15, 0.2) is 12.0 Å². The molecule has 0 fully saturated rings. The van der Waals surface area contributed by atoms with E-state index >= 15 is 0 Å². The van der Waals surface area contributed by atoms with E-state index in [2.05, 4.69) is 16.0 Å². The van der Waals surface area contributed by atoms with Gasteiger partial charge in [-0.2, -0.15) is 0 Å². The SMILES string of the molecule is O=C1C=CC2=C(C1)OC(CCNC(=O)CNCc1ccccc1)N2. The summed E-state index contributed by atoms with van der Waals surface area (Å²) in [5.41, 5.74) is 2.02. The molecule has 2 aliphatic rings. The Labute approximate surface area is 141 Å². The average Bonchev–Trinajstić information content (AvgIpc) is 2.97. The Morgan fingerprint density at radius 2 is 2.08 bits per heavy atom. The third kappa shape index (κ3) is 4.45. The van der Waals surface area contributed by atoms with Crippen LogP contribution in [0.2, 0.25) is 0 Å². The molecular weight excluding hydrogens is 306 g/mol. The summed E-state index contributed by atoms with van der Waals surface area (Å²) >= 11 is 0. The van der Waals surface area contributed by atoms with Crippen LogP contribution < -0.4 is 16.0 Å². The number of benzene rings is 1. The summed E-state index contributed by atoms with van der Waals surface area (Å²) in [7, 11) is 0. The van der Waals surface area contributed by atoms with Crippen LogP contribution in [0.1, 0.15) is 18.4 Å². The zero-order valence-corrected chi connectivity index (χ0v) is 13.4. The van der Waals surface area contributed by atoms with Crippen molar-refractivity contribution < 1.29 is 14.3 Å². The maximum absolute atomic E-state index is 11.8. The predicted octanol–water partition coefficient (Wildman–Crippen LogP) is 0.969. The summed E-state index contributed by atoms with van der Waals surface area (Å²) in [6, 6.07) is 9.95. The van der Waals surface area contributed by atoms with Crippen molar-refractivity contribution in [2.45, 2.75) is 25.6 Å². The number of hydrogen-bond acceptors (Lipinski definition) is 5. The van der Waals surface area contributed by atoms with Gasteiger partial charge < -0.3 is 20.7 Å². The summed E-state index contributed by atoms with van der Waals surface area (Å²) < 4.78 is 5.69. The van der Waals surface area contributed by atoms with Crippen LogP contribution in [0.4, 0.5) is 0 Å². The highest BCUT2D eigenvalue weighted by Gasteiger charge is 2.26. The van der Waals surface area contributed by atoms with E-state index in [1.54, 1.807) is 12.2 Å². The van der Waals surface area contributed by atoms with Crippen molar-refractivity contribution >= 4 is 11.7 Å². The summed E-state index contributed by atoms with van der Waals surface area (Å²) in [5, 5.41) is 9.18. The molecule has 0 aromatic heterocycles. The Balaban J connectivity index is 1.29. The van der Waals surface area contributed by atoms with Crippen molar-refractivity contribution in [2.75, 3.05) is 13.1 Å². The van der Waals surface area contributed by atoms with Crippen LogP contribution in [0.15, 0.2) is 53.9 Å². The van der Waals surface area contributed by atoms with Crippen LogP contribution in [0.25, 0.3) is 0 Å². The first-order valence-electron chi connectivity index (χ1n) is 8.09. The summed E-state index contributed by atoms with van der Waals surface area (Å²) in [6.07, 6.45) is 4.05. The molecule has 1 unspecified atom stereocenters. The zero-order valence-electron chi connectivity index (χ0n) is 13.4. The molecule has 1 atom stereocenters. The van der Waals surface area contributed by atoms with Gasteiger partial charge in [-0.15, -0.1) is 0 Å². The lowest BCUT2D eigenvalue weighted by Gasteiger charge is -2.13. The molecule has 126 valence electrons. The van der Waals surface area contributed by atoms with Crippen molar-refractivity contribution in [3.8, 4) is 0 Å². The van der Waals surface area contributed by atoms with E-state index in [9.17, 15) is 9.59 Å². The Morgan fingerprint density at radius 3 is 2.92 bits per heavy atom. The molecule has 1 heterocycles. The van der Waals surface area contributed by atoms with Gasteiger partial charge in [0.2, 0.25) is 5.91 Å². The number of ketones is 1. The number of ether oxygens (including phenoxy) is 1. The lowest BCUT2D eigenvalue weighted by atomic mass is 10.1. The van der Waals surface area contributed by atoms with Gasteiger partial charge in [0, 0.05) is 19.5 Å². The van der Waals surface area contributed by atoms with Crippen LogP contribution >= 0.6 is 0 Å². The number of allylic oxidation sites excluding steroid dienone is 3. The summed E-state index contributed by atoms with van der Waals surface area (Å²) in [5.74, 6) is 0.703. The smallest absolute Gasteiger partial charge is 0.233 e. The minimum atomic E-state index is -0.192. The molecule has 0 bridgehead atoms. The summed E-state index contributed by atoms with van der Waals surface area (Å²) in [6.45, 7) is 1.46. The minimum Gasteiger partial charge on any atom is -0.472 e. The number of carbonyl (C=O) groups excluding carboxylic acids is 2. The largest absolute Gasteiger partial charge is 0.472 e. The molecule has 6 nitrogen and oxygen atoms in total. The highest BCUT2D eigenvalue weighted by Crippen LogP contribution is 2.24. The maximum Gasteiger partial charge on any atom is 0.233 e. The molecule has 1 aromatic carbocycles. The normalized spacial score (nSPS) is 18.8. The van der Waals surface area contributed by atoms with E-state index in [4.69, 9.17) is 4.74 Å². The van der Waals surface area contributed by atoms with Gasteiger partial charge in [-0.3, -0.25) is 9.59 Å². The van der Waals surface area contributed by atoms with Gasteiger partial charge in [-0.1, -0.05) is 30.3 Å². The molecule has 0 saturated carbocycles. The average molecular weight is 327 g/mol. The molecule has 1 aliphatic carbocycles. The van der Waals surface area contributed by atoms with Crippen LogP contribution in [-0.4, -0.2) is 31.0 Å². The van der Waals surface area contributed by atoms with E-state index in [1.165, 1.54) is 0 Å². The van der Waals surface area contributed by atoms with E-state index in [0.717, 1.165) is 11.3 Å². The van der Waals surface area contributed by atoms with Crippen molar-refractivity contribution in [3.05, 3.63) is 59.5 Å². The lowest BCUT2D eigenvalue weighted by Crippen LogP contribution is -2.36. The fourth-order valence-corrected chi connectivity index (χ4v) is 2.64. The Hall–Kier alpha value is -2.60. The lowest BCUT2D eigenvalue weighted by molar-refractivity contribution is -0.120. The number of carbonyl (C=O) groups is 2. The highest BCUT2D eigenvalue weighted by molar-refractivity contribution is 5.93. The van der Waals surface area contributed by atoms with E-state index in [0.29, 0.717) is 31.7 Å². The number of nitrogens with one attached hydrogen (secondary N) is 3. The van der Waals surface area contributed by atoms with Gasteiger partial charge in [0.05, 0.1) is 18.7 Å². The molecule has 24 heavy (non-hydrogen) atoms. The van der Waals surface area contributed by atoms with Gasteiger partial charge in [0.1, 0.15) is 5.76 Å². The van der Waals surface area contributed by atoms with Crippen molar-refractivity contribution in [1.82, 2.24) is 16.0 Å². The molecule has 1 aliphatic heterocycles. The quantitative estimate of drug-likeness (QED) is 0.695. The first-order valence-corrected chi connectivity index (χ1v) is 8.09. The number of hydrogen-bond donors (Lipinski definition) is 3. The molecular formula is C18H21N3O3. The monoisotopic (exact) mass is 327 g/mol. The molecule has 6 heteroatoms. The molecule has 1 amide bonds. The second kappa shape index (κ2) is 7.79. The minimum absolute atomic E-state index is 0.0447. The Morgan fingerprint density at radius 1 is 1.25 bits per heavy atom. The van der Waals surface area contributed by atoms with E-state index in [1.807, 2.05) is 30.3 Å².